The fraction of sp³-hybridized carbons (Fsp3) is 0.300. The van der Waals surface area contributed by atoms with Gasteiger partial charge in [-0.2, -0.15) is 10.5 Å². The summed E-state index contributed by atoms with van der Waals surface area (Å²) in [6.07, 6.45) is 4.88. The molecule has 0 bridgehead atoms. The van der Waals surface area contributed by atoms with Gasteiger partial charge in [-0.3, -0.25) is 0 Å². The maximum atomic E-state index is 8.71. The van der Waals surface area contributed by atoms with E-state index in [0.29, 0.717) is 12.8 Å². The summed E-state index contributed by atoms with van der Waals surface area (Å²) in [5.41, 5.74) is 2.61. The van der Waals surface area contributed by atoms with Crippen molar-refractivity contribution in [2.75, 3.05) is 0 Å². The molecule has 2 aromatic rings. The zero-order chi connectivity index (χ0) is 16.3. The van der Waals surface area contributed by atoms with Crippen molar-refractivity contribution in [3.05, 3.63) is 59.7 Å². The van der Waals surface area contributed by atoms with E-state index in [1.54, 1.807) is 11.8 Å². The zero-order valence-corrected chi connectivity index (χ0v) is 14.0. The maximum absolute atomic E-state index is 8.71. The summed E-state index contributed by atoms with van der Waals surface area (Å²) in [4.78, 5) is 2.52. The summed E-state index contributed by atoms with van der Waals surface area (Å²) in [7, 11) is 0. The SMILES string of the molecule is N#CCCCc1ccccc1Sc1ccccc1CCCC#N. The van der Waals surface area contributed by atoms with Gasteiger partial charge >= 0.3 is 0 Å². The van der Waals surface area contributed by atoms with E-state index in [9.17, 15) is 0 Å². The molecule has 2 aromatic carbocycles. The fourth-order valence-electron chi connectivity index (χ4n) is 2.45. The van der Waals surface area contributed by atoms with Crippen LogP contribution in [0.2, 0.25) is 0 Å². The Bertz CT molecular complexity index is 649. The lowest BCUT2D eigenvalue weighted by Crippen LogP contribution is -1.91. The van der Waals surface area contributed by atoms with Crippen molar-refractivity contribution in [2.24, 2.45) is 0 Å². The largest absolute Gasteiger partial charge is 0.198 e. The van der Waals surface area contributed by atoms with Gasteiger partial charge in [-0.1, -0.05) is 48.2 Å². The van der Waals surface area contributed by atoms with Crippen molar-refractivity contribution in [3.63, 3.8) is 0 Å². The minimum atomic E-state index is 0.601. The number of unbranched alkanes of at least 4 members (excludes halogenated alkanes) is 2. The number of aryl methyl sites for hydroxylation is 2. The lowest BCUT2D eigenvalue weighted by atomic mass is 10.1. The lowest BCUT2D eigenvalue weighted by molar-refractivity contribution is 0.832. The second-order valence-corrected chi connectivity index (χ2v) is 6.42. The molecular formula is C20H20N2S. The minimum absolute atomic E-state index is 0.601. The molecule has 2 nitrogen and oxygen atoms in total. The van der Waals surface area contributed by atoms with Crippen LogP contribution in [0.15, 0.2) is 58.3 Å². The van der Waals surface area contributed by atoms with Gasteiger partial charge in [0.25, 0.3) is 0 Å². The Hall–Kier alpha value is -2.23. The van der Waals surface area contributed by atoms with Gasteiger partial charge in [-0.15, -0.1) is 0 Å². The number of hydrogen-bond donors (Lipinski definition) is 0. The molecule has 0 radical (unpaired) electrons. The molecule has 0 aliphatic heterocycles. The van der Waals surface area contributed by atoms with Gasteiger partial charge < -0.3 is 0 Å². The maximum Gasteiger partial charge on any atom is 0.0621 e. The molecule has 2 rings (SSSR count). The van der Waals surface area contributed by atoms with Crippen LogP contribution in [0.3, 0.4) is 0 Å². The van der Waals surface area contributed by atoms with Gasteiger partial charge in [0.05, 0.1) is 12.1 Å². The summed E-state index contributed by atoms with van der Waals surface area (Å²) in [6.45, 7) is 0. The van der Waals surface area contributed by atoms with E-state index in [1.807, 2.05) is 0 Å². The fourth-order valence-corrected chi connectivity index (χ4v) is 3.59. The first-order valence-electron chi connectivity index (χ1n) is 7.92. The number of nitrogens with zero attached hydrogens (tertiary/aromatic N) is 2. The Labute approximate surface area is 142 Å². The van der Waals surface area contributed by atoms with Gasteiger partial charge in [0.2, 0.25) is 0 Å². The van der Waals surface area contributed by atoms with Crippen LogP contribution < -0.4 is 0 Å². The third-order valence-corrected chi connectivity index (χ3v) is 4.87. The molecule has 0 amide bonds. The average Bonchev–Trinajstić information content (AvgIpc) is 2.58. The molecule has 0 spiro atoms. The normalized spacial score (nSPS) is 10.0. The first-order valence-corrected chi connectivity index (χ1v) is 8.74. The van der Waals surface area contributed by atoms with Crippen LogP contribution in [0.1, 0.15) is 36.8 Å². The molecule has 3 heteroatoms. The average molecular weight is 320 g/mol. The van der Waals surface area contributed by atoms with E-state index in [1.165, 1.54) is 20.9 Å². The first kappa shape index (κ1) is 17.1. The van der Waals surface area contributed by atoms with E-state index >= 15 is 0 Å². The van der Waals surface area contributed by atoms with Crippen molar-refractivity contribution < 1.29 is 0 Å². The Morgan fingerprint density at radius 1 is 0.696 bits per heavy atom. The Morgan fingerprint density at radius 2 is 1.13 bits per heavy atom. The zero-order valence-electron chi connectivity index (χ0n) is 13.2. The van der Waals surface area contributed by atoms with E-state index < -0.39 is 0 Å². The summed E-state index contributed by atoms with van der Waals surface area (Å²) < 4.78 is 0. The summed E-state index contributed by atoms with van der Waals surface area (Å²) in [6, 6.07) is 21.3. The van der Waals surface area contributed by atoms with Crippen molar-refractivity contribution in [1.29, 1.82) is 10.5 Å². The molecule has 0 saturated heterocycles. The monoisotopic (exact) mass is 320 g/mol. The van der Waals surface area contributed by atoms with Crippen molar-refractivity contribution in [3.8, 4) is 12.1 Å². The third kappa shape index (κ3) is 5.47. The smallest absolute Gasteiger partial charge is 0.0621 e. The van der Waals surface area contributed by atoms with Crippen molar-refractivity contribution in [2.45, 2.75) is 48.3 Å². The van der Waals surface area contributed by atoms with E-state index in [2.05, 4.69) is 60.7 Å². The summed E-state index contributed by atoms with van der Waals surface area (Å²) >= 11 is 1.79. The van der Waals surface area contributed by atoms with E-state index in [4.69, 9.17) is 10.5 Å². The molecule has 0 aromatic heterocycles. The highest BCUT2D eigenvalue weighted by atomic mass is 32.2. The van der Waals surface area contributed by atoms with Crippen LogP contribution in [0.4, 0.5) is 0 Å². The highest BCUT2D eigenvalue weighted by Gasteiger charge is 2.07. The minimum Gasteiger partial charge on any atom is -0.198 e. The number of rotatable bonds is 8. The number of nitriles is 2. The molecule has 0 aliphatic rings. The molecule has 0 fully saturated rings. The van der Waals surface area contributed by atoms with Crippen LogP contribution in [0, 0.1) is 22.7 Å². The molecular weight excluding hydrogens is 300 g/mol. The Kier molecular flexibility index (Phi) is 7.24. The molecule has 0 saturated carbocycles. The van der Waals surface area contributed by atoms with Gasteiger partial charge in [-0.25, -0.2) is 0 Å². The molecule has 0 unspecified atom stereocenters. The van der Waals surface area contributed by atoms with Crippen LogP contribution in [0.5, 0.6) is 0 Å². The van der Waals surface area contributed by atoms with Crippen LogP contribution in [0.25, 0.3) is 0 Å². The molecule has 0 atom stereocenters. The lowest BCUT2D eigenvalue weighted by Gasteiger charge is -2.12. The highest BCUT2D eigenvalue weighted by molar-refractivity contribution is 7.99. The third-order valence-electron chi connectivity index (χ3n) is 3.63. The van der Waals surface area contributed by atoms with Crippen LogP contribution >= 0.6 is 11.8 Å². The van der Waals surface area contributed by atoms with Crippen molar-refractivity contribution in [1.82, 2.24) is 0 Å². The van der Waals surface area contributed by atoms with E-state index in [-0.39, 0.29) is 0 Å². The van der Waals surface area contributed by atoms with Crippen LogP contribution in [-0.2, 0) is 12.8 Å². The Balaban J connectivity index is 2.13. The van der Waals surface area contributed by atoms with Gasteiger partial charge in [0.15, 0.2) is 0 Å². The predicted molar refractivity (Wildman–Crippen MR) is 94.1 cm³/mol. The molecule has 0 N–H and O–H groups in total. The molecule has 0 aliphatic carbocycles. The molecule has 116 valence electrons. The Morgan fingerprint density at radius 3 is 1.57 bits per heavy atom. The second-order valence-electron chi connectivity index (χ2n) is 5.34. The van der Waals surface area contributed by atoms with E-state index in [0.717, 1.165) is 25.7 Å². The summed E-state index contributed by atoms with van der Waals surface area (Å²) in [5.74, 6) is 0. The van der Waals surface area contributed by atoms with Crippen molar-refractivity contribution >= 4 is 11.8 Å². The number of benzene rings is 2. The first-order chi connectivity index (χ1) is 11.3. The van der Waals surface area contributed by atoms with Crippen LogP contribution in [-0.4, -0.2) is 0 Å². The van der Waals surface area contributed by atoms with Gasteiger partial charge in [0.1, 0.15) is 0 Å². The molecule has 23 heavy (non-hydrogen) atoms. The number of hydrogen-bond acceptors (Lipinski definition) is 3. The van der Waals surface area contributed by atoms with Gasteiger partial charge in [0, 0.05) is 22.6 Å². The quantitative estimate of drug-likeness (QED) is 0.601. The second kappa shape index (κ2) is 9.72. The molecule has 0 heterocycles. The predicted octanol–water partition coefficient (Wildman–Crippen LogP) is 5.53. The van der Waals surface area contributed by atoms with Gasteiger partial charge in [-0.05, 0) is 48.9 Å². The summed E-state index contributed by atoms with van der Waals surface area (Å²) in [5, 5.41) is 17.4. The highest BCUT2D eigenvalue weighted by Crippen LogP contribution is 2.34. The topological polar surface area (TPSA) is 47.6 Å². The standard InChI is InChI=1S/C20H20N2S/c21-15-7-5-11-17-9-1-3-13-19(17)23-20-14-4-2-10-18(20)12-6-8-16-22/h1-4,9-10,13-14H,5-8,11-12H2.